The molecular formula is C21H18BrN3O3S. The summed E-state index contributed by atoms with van der Waals surface area (Å²) >= 11 is 5.04. The van der Waals surface area contributed by atoms with Crippen LogP contribution in [0.1, 0.15) is 9.88 Å². The van der Waals surface area contributed by atoms with Crippen molar-refractivity contribution in [3.8, 4) is 17.0 Å². The minimum Gasteiger partial charge on any atom is -0.482 e. The van der Waals surface area contributed by atoms with E-state index in [1.165, 1.54) is 4.90 Å². The number of rotatable bonds is 4. The van der Waals surface area contributed by atoms with Gasteiger partial charge in [0.2, 0.25) is 5.91 Å². The lowest BCUT2D eigenvalue weighted by molar-refractivity contribution is -0.123. The number of aromatic nitrogens is 1. The third kappa shape index (κ3) is 4.04. The fraction of sp³-hybridized carbons (Fsp3) is 0.190. The normalized spacial score (nSPS) is 13.1. The summed E-state index contributed by atoms with van der Waals surface area (Å²) in [7, 11) is 0. The van der Waals surface area contributed by atoms with Crippen LogP contribution in [0.15, 0.2) is 46.9 Å². The van der Waals surface area contributed by atoms with Crippen LogP contribution >= 0.6 is 27.3 Å². The number of hydrogen-bond acceptors (Lipinski definition) is 5. The fourth-order valence-corrected chi connectivity index (χ4v) is 4.44. The van der Waals surface area contributed by atoms with Crippen LogP contribution in [0.4, 0.5) is 11.4 Å². The maximum atomic E-state index is 12.6. The van der Waals surface area contributed by atoms with E-state index in [0.29, 0.717) is 17.1 Å². The van der Waals surface area contributed by atoms with Crippen LogP contribution in [0.2, 0.25) is 0 Å². The predicted molar refractivity (Wildman–Crippen MR) is 118 cm³/mol. The molecule has 1 aromatic heterocycles. The average Bonchev–Trinajstić information content (AvgIpc) is 3.03. The summed E-state index contributed by atoms with van der Waals surface area (Å²) in [6.07, 6.45) is 0. The van der Waals surface area contributed by atoms with Gasteiger partial charge in [-0.25, -0.2) is 4.98 Å². The molecule has 0 unspecified atom stereocenters. The third-order valence-corrected chi connectivity index (χ3v) is 6.11. The molecule has 148 valence electrons. The van der Waals surface area contributed by atoms with Gasteiger partial charge in [0.1, 0.15) is 12.3 Å². The van der Waals surface area contributed by atoms with Crippen LogP contribution < -0.4 is 15.0 Å². The number of nitrogens with zero attached hydrogens (tertiary/aromatic N) is 2. The summed E-state index contributed by atoms with van der Waals surface area (Å²) in [5.74, 6) is 0.0268. The summed E-state index contributed by atoms with van der Waals surface area (Å²) in [6, 6.07) is 12.9. The standard InChI is InChI=1S/C21H18BrN3O3S/c1-12-21(23-13(2)29-12)14-7-8-18-17(9-14)25(20(27)11-28-18)10-19(26)24-16-6-4-3-5-15(16)22/h3-9H,10-11H2,1-2H3,(H,24,26). The molecule has 3 aromatic rings. The maximum Gasteiger partial charge on any atom is 0.265 e. The number of carbonyl (C=O) groups excluding carboxylic acids is 2. The number of fused-ring (bicyclic) bond motifs is 1. The Morgan fingerprint density at radius 3 is 2.79 bits per heavy atom. The van der Waals surface area contributed by atoms with Crippen molar-refractivity contribution in [3.63, 3.8) is 0 Å². The number of hydrogen-bond donors (Lipinski definition) is 1. The molecule has 0 atom stereocenters. The quantitative estimate of drug-likeness (QED) is 0.605. The molecule has 0 fully saturated rings. The van der Waals surface area contributed by atoms with E-state index in [0.717, 1.165) is 25.6 Å². The van der Waals surface area contributed by atoms with Crippen molar-refractivity contribution in [1.29, 1.82) is 0 Å². The lowest BCUT2D eigenvalue weighted by atomic mass is 10.1. The number of ether oxygens (including phenoxy) is 1. The molecule has 29 heavy (non-hydrogen) atoms. The molecule has 2 amide bonds. The second kappa shape index (κ2) is 7.96. The number of aryl methyl sites for hydroxylation is 2. The van der Waals surface area contributed by atoms with E-state index in [1.54, 1.807) is 17.4 Å². The molecule has 1 aliphatic heterocycles. The molecular weight excluding hydrogens is 454 g/mol. The third-order valence-electron chi connectivity index (χ3n) is 4.53. The van der Waals surface area contributed by atoms with Gasteiger partial charge < -0.3 is 10.1 Å². The van der Waals surface area contributed by atoms with Gasteiger partial charge in [-0.15, -0.1) is 11.3 Å². The van der Waals surface area contributed by atoms with Gasteiger partial charge in [0.15, 0.2) is 6.61 Å². The highest BCUT2D eigenvalue weighted by Gasteiger charge is 2.28. The average molecular weight is 472 g/mol. The van der Waals surface area contributed by atoms with Crippen molar-refractivity contribution in [3.05, 3.63) is 56.8 Å². The largest absolute Gasteiger partial charge is 0.482 e. The molecule has 0 bridgehead atoms. The molecule has 2 aromatic carbocycles. The summed E-state index contributed by atoms with van der Waals surface area (Å²) in [5, 5.41) is 3.82. The highest BCUT2D eigenvalue weighted by atomic mass is 79.9. The van der Waals surface area contributed by atoms with Gasteiger partial charge in [0.05, 0.1) is 22.1 Å². The maximum absolute atomic E-state index is 12.6. The summed E-state index contributed by atoms with van der Waals surface area (Å²) in [4.78, 5) is 32.3. The van der Waals surface area contributed by atoms with Crippen LogP contribution in [0.3, 0.4) is 0 Å². The van der Waals surface area contributed by atoms with Gasteiger partial charge in [0, 0.05) is 14.9 Å². The first-order valence-electron chi connectivity index (χ1n) is 8.98. The number of amides is 2. The Bertz CT molecular complexity index is 1110. The number of para-hydroxylation sites is 1. The summed E-state index contributed by atoms with van der Waals surface area (Å²) in [6.45, 7) is 3.78. The number of thiazole rings is 1. The Labute approximate surface area is 180 Å². The monoisotopic (exact) mass is 471 g/mol. The topological polar surface area (TPSA) is 71.5 Å². The van der Waals surface area contributed by atoms with Crippen LogP contribution in [-0.4, -0.2) is 29.9 Å². The summed E-state index contributed by atoms with van der Waals surface area (Å²) < 4.78 is 6.34. The Morgan fingerprint density at radius 2 is 2.07 bits per heavy atom. The molecule has 0 saturated carbocycles. The van der Waals surface area contributed by atoms with E-state index in [4.69, 9.17) is 4.74 Å². The minimum atomic E-state index is -0.288. The molecule has 0 saturated heterocycles. The summed E-state index contributed by atoms with van der Waals surface area (Å²) in [5.41, 5.74) is 3.00. The van der Waals surface area contributed by atoms with Gasteiger partial charge in [-0.2, -0.15) is 0 Å². The minimum absolute atomic E-state index is 0.0938. The van der Waals surface area contributed by atoms with E-state index in [2.05, 4.69) is 26.2 Å². The first-order valence-corrected chi connectivity index (χ1v) is 10.6. The highest BCUT2D eigenvalue weighted by Crippen LogP contribution is 2.37. The van der Waals surface area contributed by atoms with E-state index >= 15 is 0 Å². The number of anilines is 2. The zero-order chi connectivity index (χ0) is 20.5. The zero-order valence-corrected chi connectivity index (χ0v) is 18.3. The van der Waals surface area contributed by atoms with Crippen LogP contribution in [0, 0.1) is 13.8 Å². The second-order valence-electron chi connectivity index (χ2n) is 6.62. The van der Waals surface area contributed by atoms with Crippen LogP contribution in [0.5, 0.6) is 5.75 Å². The predicted octanol–water partition coefficient (Wildman–Crippen LogP) is 4.55. The van der Waals surface area contributed by atoms with Gasteiger partial charge in [-0.3, -0.25) is 14.5 Å². The molecule has 0 aliphatic carbocycles. The number of halogens is 1. The van der Waals surface area contributed by atoms with E-state index in [9.17, 15) is 9.59 Å². The molecule has 4 rings (SSSR count). The van der Waals surface area contributed by atoms with Gasteiger partial charge >= 0.3 is 0 Å². The smallest absolute Gasteiger partial charge is 0.265 e. The SMILES string of the molecule is Cc1nc(-c2ccc3c(c2)N(CC(=O)Nc2ccccc2Br)C(=O)CO3)c(C)s1. The van der Waals surface area contributed by atoms with Crippen molar-refractivity contribution in [2.75, 3.05) is 23.4 Å². The Hall–Kier alpha value is -2.71. The van der Waals surface area contributed by atoms with Crippen molar-refractivity contribution < 1.29 is 14.3 Å². The van der Waals surface area contributed by atoms with E-state index in [1.807, 2.05) is 50.2 Å². The second-order valence-corrected chi connectivity index (χ2v) is 8.88. The van der Waals surface area contributed by atoms with Gasteiger partial charge in [0.25, 0.3) is 5.91 Å². The first-order chi connectivity index (χ1) is 13.9. The lowest BCUT2D eigenvalue weighted by Crippen LogP contribution is -2.43. The fourth-order valence-electron chi connectivity index (χ4n) is 3.22. The van der Waals surface area contributed by atoms with Crippen molar-refractivity contribution in [2.45, 2.75) is 13.8 Å². The molecule has 2 heterocycles. The van der Waals surface area contributed by atoms with E-state index in [-0.39, 0.29) is 25.0 Å². The van der Waals surface area contributed by atoms with Gasteiger partial charge in [-0.05, 0) is 60.1 Å². The Balaban J connectivity index is 1.62. The zero-order valence-electron chi connectivity index (χ0n) is 15.9. The van der Waals surface area contributed by atoms with Crippen molar-refractivity contribution >= 4 is 50.5 Å². The van der Waals surface area contributed by atoms with Gasteiger partial charge in [-0.1, -0.05) is 12.1 Å². The molecule has 6 nitrogen and oxygen atoms in total. The molecule has 0 radical (unpaired) electrons. The number of nitrogens with one attached hydrogen (secondary N) is 1. The van der Waals surface area contributed by atoms with Crippen molar-refractivity contribution in [1.82, 2.24) is 4.98 Å². The lowest BCUT2D eigenvalue weighted by Gasteiger charge is -2.29. The Kier molecular flexibility index (Phi) is 5.38. The first kappa shape index (κ1) is 19.6. The molecule has 0 spiro atoms. The Morgan fingerprint density at radius 1 is 1.28 bits per heavy atom. The van der Waals surface area contributed by atoms with Crippen molar-refractivity contribution in [2.24, 2.45) is 0 Å². The van der Waals surface area contributed by atoms with Crippen LogP contribution in [-0.2, 0) is 9.59 Å². The molecule has 8 heteroatoms. The molecule has 1 aliphatic rings. The number of benzene rings is 2. The number of carbonyl (C=O) groups is 2. The van der Waals surface area contributed by atoms with E-state index < -0.39 is 0 Å². The highest BCUT2D eigenvalue weighted by molar-refractivity contribution is 9.10. The van der Waals surface area contributed by atoms with Crippen LogP contribution in [0.25, 0.3) is 11.3 Å². The molecule has 1 N–H and O–H groups in total.